The first kappa shape index (κ1) is 16.5. The Labute approximate surface area is 113 Å². The highest BCUT2D eigenvalue weighted by atomic mass is 35.7. The quantitative estimate of drug-likeness (QED) is 0.624. The van der Waals surface area contributed by atoms with Crippen LogP contribution in [-0.4, -0.2) is 14.8 Å². The third kappa shape index (κ3) is 4.21. The third-order valence-electron chi connectivity index (χ3n) is 2.09. The molecule has 19 heavy (non-hydrogen) atoms. The van der Waals surface area contributed by atoms with E-state index in [1.54, 1.807) is 0 Å². The van der Waals surface area contributed by atoms with Crippen LogP contribution in [0.4, 0.5) is 13.2 Å². The zero-order chi connectivity index (χ0) is 14.8. The van der Waals surface area contributed by atoms with Gasteiger partial charge in [-0.2, -0.15) is 21.6 Å². The predicted octanol–water partition coefficient (Wildman–Crippen LogP) is 3.39. The van der Waals surface area contributed by atoms with Crippen molar-refractivity contribution in [3.8, 4) is 0 Å². The van der Waals surface area contributed by atoms with Crippen LogP contribution < -0.4 is 0 Å². The summed E-state index contributed by atoms with van der Waals surface area (Å²) in [5.74, 6) is 0. The topological polar surface area (TPSA) is 60.4 Å². The van der Waals surface area contributed by atoms with Gasteiger partial charge in [0.05, 0.1) is 5.56 Å². The normalized spacial score (nSPS) is 14.4. The maximum absolute atomic E-state index is 12.8. The minimum absolute atomic E-state index is 0.121. The van der Waals surface area contributed by atoms with Gasteiger partial charge in [-0.3, -0.25) is 4.18 Å². The van der Waals surface area contributed by atoms with Crippen molar-refractivity contribution in [3.05, 3.63) is 29.3 Å². The van der Waals surface area contributed by atoms with Crippen molar-refractivity contribution in [2.24, 2.45) is 0 Å². The van der Waals surface area contributed by atoms with Crippen LogP contribution in [0, 0.1) is 6.92 Å². The average molecular weight is 337 g/mol. The first-order valence-corrected chi connectivity index (χ1v) is 8.84. The van der Waals surface area contributed by atoms with Crippen molar-refractivity contribution in [3.63, 3.8) is 0 Å². The molecule has 1 aromatic carbocycles. The van der Waals surface area contributed by atoms with E-state index in [1.807, 2.05) is 0 Å². The number of halogens is 4. The standard InChI is InChI=1S/C9H9ClF3O4PS/c1-6-3-2-4-7(9(11,12)13)8(6)19(15,16)17-5-18(10)14/h2-4,18H,5H2,1H3. The molecule has 10 heteroatoms. The van der Waals surface area contributed by atoms with Crippen LogP contribution in [0.3, 0.4) is 0 Å². The Morgan fingerprint density at radius 1 is 1.37 bits per heavy atom. The molecule has 4 nitrogen and oxygen atoms in total. The fourth-order valence-electron chi connectivity index (χ4n) is 1.39. The van der Waals surface area contributed by atoms with E-state index in [-0.39, 0.29) is 5.56 Å². The summed E-state index contributed by atoms with van der Waals surface area (Å²) in [6.45, 7) is 1.20. The van der Waals surface area contributed by atoms with E-state index in [0.717, 1.165) is 6.07 Å². The molecule has 0 aliphatic heterocycles. The Kier molecular flexibility index (Phi) is 5.06. The summed E-state index contributed by atoms with van der Waals surface area (Å²) < 4.78 is 76.6. The van der Waals surface area contributed by atoms with Crippen LogP contribution in [0.15, 0.2) is 23.1 Å². The van der Waals surface area contributed by atoms with E-state index in [0.29, 0.717) is 6.07 Å². The highest BCUT2D eigenvalue weighted by molar-refractivity contribution is 7.87. The molecule has 0 heterocycles. The molecule has 0 amide bonds. The smallest absolute Gasteiger partial charge is 0.307 e. The lowest BCUT2D eigenvalue weighted by molar-refractivity contribution is -0.140. The zero-order valence-electron chi connectivity index (χ0n) is 9.49. The Bertz CT molecular complexity index is 600. The molecule has 1 atom stereocenters. The summed E-state index contributed by atoms with van der Waals surface area (Å²) in [4.78, 5) is -0.984. The third-order valence-corrected chi connectivity index (χ3v) is 4.47. The molecule has 1 rings (SSSR count). The van der Waals surface area contributed by atoms with Gasteiger partial charge in [-0.25, -0.2) is 0 Å². The van der Waals surface area contributed by atoms with Crippen molar-refractivity contribution < 1.29 is 30.3 Å². The minimum Gasteiger partial charge on any atom is -0.307 e. The number of hydrogen-bond acceptors (Lipinski definition) is 4. The highest BCUT2D eigenvalue weighted by Gasteiger charge is 2.38. The van der Waals surface area contributed by atoms with Gasteiger partial charge in [0.2, 0.25) is 0 Å². The summed E-state index contributed by atoms with van der Waals surface area (Å²) in [5, 5.41) is 0. The second kappa shape index (κ2) is 5.83. The van der Waals surface area contributed by atoms with Gasteiger partial charge in [-0.1, -0.05) is 23.4 Å². The van der Waals surface area contributed by atoms with Gasteiger partial charge >= 0.3 is 6.18 Å². The van der Waals surface area contributed by atoms with Crippen LogP contribution in [0.1, 0.15) is 11.1 Å². The summed E-state index contributed by atoms with van der Waals surface area (Å²) in [5.41, 5.74) is -1.45. The summed E-state index contributed by atoms with van der Waals surface area (Å²) >= 11 is 5.08. The molecular formula is C9H9ClF3O4PS. The van der Waals surface area contributed by atoms with Crippen molar-refractivity contribution in [1.82, 2.24) is 0 Å². The Morgan fingerprint density at radius 2 is 1.95 bits per heavy atom. The van der Waals surface area contributed by atoms with Gasteiger partial charge in [-0.05, 0) is 18.6 Å². The van der Waals surface area contributed by atoms with Crippen molar-refractivity contribution in [2.75, 3.05) is 6.35 Å². The molecule has 0 radical (unpaired) electrons. The molecule has 0 spiro atoms. The lowest BCUT2D eigenvalue weighted by atomic mass is 10.1. The first-order valence-electron chi connectivity index (χ1n) is 4.80. The van der Waals surface area contributed by atoms with Gasteiger partial charge in [0.1, 0.15) is 11.2 Å². The van der Waals surface area contributed by atoms with Crippen LogP contribution in [0.2, 0.25) is 0 Å². The SMILES string of the molecule is Cc1cccc(C(F)(F)F)c1S(=O)(=O)OC[PH](=O)Cl. The molecule has 0 aromatic heterocycles. The van der Waals surface area contributed by atoms with Gasteiger partial charge < -0.3 is 4.57 Å². The molecule has 1 aromatic rings. The van der Waals surface area contributed by atoms with Crippen molar-refractivity contribution in [1.29, 1.82) is 0 Å². The first-order chi connectivity index (χ1) is 8.55. The molecule has 1 unspecified atom stereocenters. The van der Waals surface area contributed by atoms with E-state index in [2.05, 4.69) is 4.18 Å². The van der Waals surface area contributed by atoms with Gasteiger partial charge in [0.15, 0.2) is 7.15 Å². The molecule has 0 bridgehead atoms. The molecule has 0 fully saturated rings. The van der Waals surface area contributed by atoms with Gasteiger partial charge in [-0.15, -0.1) is 0 Å². The number of hydrogen-bond donors (Lipinski definition) is 0. The Balaban J connectivity index is 3.37. The lowest BCUT2D eigenvalue weighted by Gasteiger charge is -2.14. The second-order valence-corrected chi connectivity index (χ2v) is 7.34. The maximum Gasteiger partial charge on any atom is 0.417 e. The number of benzene rings is 1. The molecule has 0 saturated carbocycles. The summed E-state index contributed by atoms with van der Waals surface area (Å²) in [6.07, 6.45) is -5.69. The monoisotopic (exact) mass is 336 g/mol. The predicted molar refractivity (Wildman–Crippen MR) is 64.2 cm³/mol. The van der Waals surface area contributed by atoms with E-state index in [1.165, 1.54) is 13.0 Å². The minimum atomic E-state index is -4.84. The number of alkyl halides is 3. The fourth-order valence-corrected chi connectivity index (χ4v) is 3.82. The molecule has 0 aliphatic carbocycles. The van der Waals surface area contributed by atoms with E-state index >= 15 is 0 Å². The lowest BCUT2D eigenvalue weighted by Crippen LogP contribution is -2.16. The second-order valence-electron chi connectivity index (χ2n) is 3.52. The van der Waals surface area contributed by atoms with Gasteiger partial charge in [0.25, 0.3) is 10.1 Å². The highest BCUT2D eigenvalue weighted by Crippen LogP contribution is 2.37. The van der Waals surface area contributed by atoms with Crippen LogP contribution in [0.25, 0.3) is 0 Å². The average Bonchev–Trinajstić information content (AvgIpc) is 2.24. The van der Waals surface area contributed by atoms with Crippen LogP contribution in [0.5, 0.6) is 0 Å². The molecule has 108 valence electrons. The van der Waals surface area contributed by atoms with Crippen LogP contribution >= 0.6 is 18.4 Å². The molecule has 0 saturated heterocycles. The van der Waals surface area contributed by atoms with Gasteiger partial charge in [0, 0.05) is 0 Å². The van der Waals surface area contributed by atoms with Crippen molar-refractivity contribution in [2.45, 2.75) is 18.0 Å². The van der Waals surface area contributed by atoms with E-state index < -0.39 is 40.3 Å². The van der Waals surface area contributed by atoms with E-state index in [9.17, 15) is 26.2 Å². The summed E-state index contributed by atoms with van der Waals surface area (Å²) in [6, 6.07) is 2.92. The number of rotatable bonds is 4. The van der Waals surface area contributed by atoms with E-state index in [4.69, 9.17) is 11.2 Å². The number of aryl methyl sites for hydroxylation is 1. The Hall–Kier alpha value is -0.560. The molecule has 0 N–H and O–H groups in total. The largest absolute Gasteiger partial charge is 0.417 e. The zero-order valence-corrected chi connectivity index (χ0v) is 12.1. The molecule has 0 aliphatic rings. The molecular weight excluding hydrogens is 328 g/mol. The fraction of sp³-hybridized carbons (Fsp3) is 0.333. The summed E-state index contributed by atoms with van der Waals surface area (Å²) in [7, 11) is -7.47. The van der Waals surface area contributed by atoms with Crippen LogP contribution in [-0.2, 0) is 25.0 Å². The maximum atomic E-state index is 12.8. The Morgan fingerprint density at radius 3 is 2.42 bits per heavy atom. The van der Waals surface area contributed by atoms with Crippen molar-refractivity contribution >= 4 is 28.5 Å².